The Kier molecular flexibility index (Phi) is 4.71. The number of likely N-dealkylation sites (tertiary alicyclic amines) is 2. The van der Waals surface area contributed by atoms with Gasteiger partial charge in [0, 0.05) is 19.0 Å². The number of likely N-dealkylation sites (N-methyl/N-ethyl adjacent to an activating group) is 1. The van der Waals surface area contributed by atoms with Gasteiger partial charge in [-0.2, -0.15) is 0 Å². The van der Waals surface area contributed by atoms with Crippen LogP contribution in [0.2, 0.25) is 0 Å². The molecular weight excluding hydrogens is 294 g/mol. The summed E-state index contributed by atoms with van der Waals surface area (Å²) in [4.78, 5) is 40.4. The third-order valence-electron chi connectivity index (χ3n) is 5.79. The molecule has 1 atom stereocenters. The maximum Gasteiger partial charge on any atom is 0.240 e. The number of hydrogen-bond acceptors (Lipinski definition) is 4. The number of carbonyl (C=O) groups is 3. The van der Waals surface area contributed by atoms with Crippen molar-refractivity contribution in [3.63, 3.8) is 0 Å². The lowest BCUT2D eigenvalue weighted by Crippen LogP contribution is -2.45. The molecule has 3 fully saturated rings. The molecular formula is C17H27N3O3. The summed E-state index contributed by atoms with van der Waals surface area (Å²) in [6, 6.07) is 0.384. The minimum Gasteiger partial charge on any atom is -0.353 e. The maximum absolute atomic E-state index is 12.6. The normalized spacial score (nSPS) is 27.3. The fourth-order valence-corrected chi connectivity index (χ4v) is 4.44. The minimum atomic E-state index is -0.484. The molecule has 23 heavy (non-hydrogen) atoms. The second kappa shape index (κ2) is 6.59. The van der Waals surface area contributed by atoms with E-state index in [1.165, 1.54) is 11.3 Å². The van der Waals surface area contributed by atoms with Crippen LogP contribution in [0.3, 0.4) is 0 Å². The molecule has 0 unspecified atom stereocenters. The van der Waals surface area contributed by atoms with Crippen LogP contribution in [-0.2, 0) is 14.4 Å². The van der Waals surface area contributed by atoms with Gasteiger partial charge in [-0.15, -0.1) is 0 Å². The van der Waals surface area contributed by atoms with Gasteiger partial charge in [-0.3, -0.25) is 24.2 Å². The number of nitrogens with one attached hydrogen (secondary N) is 1. The van der Waals surface area contributed by atoms with E-state index in [4.69, 9.17) is 0 Å². The highest BCUT2D eigenvalue weighted by atomic mass is 16.2. The van der Waals surface area contributed by atoms with Crippen molar-refractivity contribution in [3.8, 4) is 0 Å². The van der Waals surface area contributed by atoms with E-state index in [-0.39, 0.29) is 24.3 Å². The molecule has 0 bridgehead atoms. The van der Waals surface area contributed by atoms with Crippen molar-refractivity contribution in [2.24, 2.45) is 5.41 Å². The molecule has 6 nitrogen and oxygen atoms in total. The van der Waals surface area contributed by atoms with Crippen LogP contribution >= 0.6 is 0 Å². The van der Waals surface area contributed by atoms with Crippen LogP contribution in [0.1, 0.15) is 51.9 Å². The summed E-state index contributed by atoms with van der Waals surface area (Å²) in [5, 5.41) is 2.91. The van der Waals surface area contributed by atoms with Gasteiger partial charge in [0.15, 0.2) is 0 Å². The van der Waals surface area contributed by atoms with Crippen molar-refractivity contribution >= 4 is 17.7 Å². The molecule has 3 aliphatic rings. The van der Waals surface area contributed by atoms with E-state index in [9.17, 15) is 14.4 Å². The molecule has 0 aromatic carbocycles. The van der Waals surface area contributed by atoms with E-state index in [0.717, 1.165) is 45.2 Å². The molecule has 2 saturated heterocycles. The highest BCUT2D eigenvalue weighted by Gasteiger charge is 2.52. The molecule has 1 aliphatic carbocycles. The molecule has 128 valence electrons. The largest absolute Gasteiger partial charge is 0.353 e. The average Bonchev–Trinajstić information content (AvgIpc) is 3.23. The van der Waals surface area contributed by atoms with Gasteiger partial charge < -0.3 is 5.32 Å². The molecule has 1 N–H and O–H groups in total. The van der Waals surface area contributed by atoms with Crippen molar-refractivity contribution in [3.05, 3.63) is 0 Å². The van der Waals surface area contributed by atoms with E-state index in [0.29, 0.717) is 19.0 Å². The van der Waals surface area contributed by atoms with Crippen molar-refractivity contribution in [1.82, 2.24) is 15.1 Å². The Morgan fingerprint density at radius 1 is 1.26 bits per heavy atom. The van der Waals surface area contributed by atoms with Gasteiger partial charge in [-0.1, -0.05) is 19.8 Å². The monoisotopic (exact) mass is 321 g/mol. The predicted molar refractivity (Wildman–Crippen MR) is 85.5 cm³/mol. The number of imide groups is 1. The molecule has 2 heterocycles. The molecule has 3 rings (SSSR count). The Bertz CT molecular complexity index is 499. The quantitative estimate of drug-likeness (QED) is 0.764. The summed E-state index contributed by atoms with van der Waals surface area (Å²) in [5.41, 5.74) is -0.484. The Morgan fingerprint density at radius 3 is 2.70 bits per heavy atom. The molecule has 0 aromatic heterocycles. The molecule has 2 aliphatic heterocycles. The SMILES string of the molecule is CCN1CCC[C@H]1CNC(=O)CN1C(=O)CC2(CCCC2)C1=O. The molecule has 0 aromatic rings. The first kappa shape index (κ1) is 16.4. The third kappa shape index (κ3) is 3.13. The van der Waals surface area contributed by atoms with Crippen molar-refractivity contribution in [2.75, 3.05) is 26.2 Å². The third-order valence-corrected chi connectivity index (χ3v) is 5.79. The smallest absolute Gasteiger partial charge is 0.240 e. The van der Waals surface area contributed by atoms with Crippen LogP contribution in [0.4, 0.5) is 0 Å². The predicted octanol–water partition coefficient (Wildman–Crippen LogP) is 0.906. The van der Waals surface area contributed by atoms with Crippen LogP contribution in [0.25, 0.3) is 0 Å². The van der Waals surface area contributed by atoms with Crippen molar-refractivity contribution in [1.29, 1.82) is 0 Å². The summed E-state index contributed by atoms with van der Waals surface area (Å²) in [6.07, 6.45) is 6.16. The fourth-order valence-electron chi connectivity index (χ4n) is 4.44. The Hall–Kier alpha value is -1.43. The van der Waals surface area contributed by atoms with Gasteiger partial charge in [0.1, 0.15) is 6.54 Å². The Morgan fingerprint density at radius 2 is 2.00 bits per heavy atom. The van der Waals surface area contributed by atoms with E-state index in [2.05, 4.69) is 17.1 Å². The van der Waals surface area contributed by atoms with E-state index in [1.807, 2.05) is 0 Å². The van der Waals surface area contributed by atoms with Gasteiger partial charge in [0.2, 0.25) is 17.7 Å². The summed E-state index contributed by atoms with van der Waals surface area (Å²) in [7, 11) is 0. The summed E-state index contributed by atoms with van der Waals surface area (Å²) < 4.78 is 0. The first-order chi connectivity index (χ1) is 11.1. The first-order valence-electron chi connectivity index (χ1n) is 8.91. The fraction of sp³-hybridized carbons (Fsp3) is 0.824. The van der Waals surface area contributed by atoms with Crippen LogP contribution in [0.5, 0.6) is 0 Å². The highest BCUT2D eigenvalue weighted by molar-refractivity contribution is 6.08. The van der Waals surface area contributed by atoms with E-state index < -0.39 is 5.41 Å². The summed E-state index contributed by atoms with van der Waals surface area (Å²) >= 11 is 0. The van der Waals surface area contributed by atoms with Crippen LogP contribution in [0, 0.1) is 5.41 Å². The number of carbonyl (C=O) groups excluding carboxylic acids is 3. The topological polar surface area (TPSA) is 69.7 Å². The maximum atomic E-state index is 12.6. The number of hydrogen-bond donors (Lipinski definition) is 1. The van der Waals surface area contributed by atoms with Gasteiger partial charge >= 0.3 is 0 Å². The van der Waals surface area contributed by atoms with Gasteiger partial charge in [-0.25, -0.2) is 0 Å². The van der Waals surface area contributed by atoms with Gasteiger partial charge in [0.05, 0.1) is 5.41 Å². The lowest BCUT2D eigenvalue weighted by Gasteiger charge is -2.24. The Balaban J connectivity index is 1.52. The van der Waals surface area contributed by atoms with Crippen LogP contribution < -0.4 is 5.32 Å². The summed E-state index contributed by atoms with van der Waals surface area (Å²) in [6.45, 7) is 4.70. The highest BCUT2D eigenvalue weighted by Crippen LogP contribution is 2.46. The lowest BCUT2D eigenvalue weighted by molar-refractivity contribution is -0.144. The second-order valence-corrected chi connectivity index (χ2v) is 7.18. The summed E-state index contributed by atoms with van der Waals surface area (Å²) in [5.74, 6) is -0.515. The van der Waals surface area contributed by atoms with Gasteiger partial charge in [0.25, 0.3) is 0 Å². The molecule has 0 radical (unpaired) electrons. The minimum absolute atomic E-state index is 0.113. The standard InChI is InChI=1S/C17H27N3O3/c1-2-19-9-5-6-13(19)11-18-14(21)12-20-15(22)10-17(16(20)23)7-3-4-8-17/h13H,2-12H2,1H3,(H,18,21)/t13-/m0/s1. The van der Waals surface area contributed by atoms with Crippen LogP contribution in [0.15, 0.2) is 0 Å². The van der Waals surface area contributed by atoms with Crippen molar-refractivity contribution in [2.45, 2.75) is 57.9 Å². The zero-order valence-electron chi connectivity index (χ0n) is 14.0. The number of amides is 3. The van der Waals surface area contributed by atoms with Crippen molar-refractivity contribution < 1.29 is 14.4 Å². The number of nitrogens with zero attached hydrogens (tertiary/aromatic N) is 2. The van der Waals surface area contributed by atoms with Gasteiger partial charge in [-0.05, 0) is 38.8 Å². The zero-order valence-corrected chi connectivity index (χ0v) is 14.0. The van der Waals surface area contributed by atoms with E-state index >= 15 is 0 Å². The van der Waals surface area contributed by atoms with E-state index in [1.54, 1.807) is 0 Å². The first-order valence-corrected chi connectivity index (χ1v) is 8.91. The zero-order chi connectivity index (χ0) is 16.4. The lowest BCUT2D eigenvalue weighted by atomic mass is 9.84. The number of rotatable bonds is 5. The molecule has 6 heteroatoms. The molecule has 3 amide bonds. The average molecular weight is 321 g/mol. The van der Waals surface area contributed by atoms with Crippen LogP contribution in [-0.4, -0.2) is 59.7 Å². The molecule has 1 spiro atoms. The molecule has 1 saturated carbocycles. The Labute approximate surface area is 137 Å². The second-order valence-electron chi connectivity index (χ2n) is 7.18.